The second-order valence-electron chi connectivity index (χ2n) is 7.18. The molecule has 4 rings (SSSR count). The first kappa shape index (κ1) is 20.4. The Balaban J connectivity index is 1.49. The van der Waals surface area contributed by atoms with Gasteiger partial charge in [0.05, 0.1) is 16.8 Å². The van der Waals surface area contributed by atoms with E-state index in [0.29, 0.717) is 18.7 Å². The average Bonchev–Trinajstić information content (AvgIpc) is 2.80. The highest BCUT2D eigenvalue weighted by Gasteiger charge is 2.12. The summed E-state index contributed by atoms with van der Waals surface area (Å²) in [6.07, 6.45) is 5.80. The van der Waals surface area contributed by atoms with Crippen molar-refractivity contribution in [3.63, 3.8) is 0 Å². The number of para-hydroxylation sites is 1. The van der Waals surface area contributed by atoms with Crippen LogP contribution >= 0.6 is 0 Å². The van der Waals surface area contributed by atoms with Gasteiger partial charge in [0.15, 0.2) is 0 Å². The lowest BCUT2D eigenvalue weighted by Gasteiger charge is -2.11. The number of aromatic nitrogens is 4. The van der Waals surface area contributed by atoms with E-state index in [1.54, 1.807) is 18.6 Å². The van der Waals surface area contributed by atoms with Crippen LogP contribution in [0.2, 0.25) is 0 Å². The van der Waals surface area contributed by atoms with E-state index in [4.69, 9.17) is 0 Å². The first-order valence-electron chi connectivity index (χ1n) is 10.3. The summed E-state index contributed by atoms with van der Waals surface area (Å²) >= 11 is 0. The zero-order chi connectivity index (χ0) is 21.6. The van der Waals surface area contributed by atoms with Crippen LogP contribution in [0.1, 0.15) is 28.5 Å². The molecular formula is C24H24N6O. The van der Waals surface area contributed by atoms with Gasteiger partial charge in [0.1, 0.15) is 12.1 Å². The van der Waals surface area contributed by atoms with Crippen LogP contribution in [0.5, 0.6) is 0 Å². The van der Waals surface area contributed by atoms with Crippen molar-refractivity contribution in [2.24, 2.45) is 0 Å². The van der Waals surface area contributed by atoms with E-state index in [0.717, 1.165) is 45.7 Å². The largest absolute Gasteiger partial charge is 0.370 e. The average molecular weight is 412 g/mol. The van der Waals surface area contributed by atoms with E-state index < -0.39 is 0 Å². The summed E-state index contributed by atoms with van der Waals surface area (Å²) in [7, 11) is 0. The predicted molar refractivity (Wildman–Crippen MR) is 122 cm³/mol. The number of rotatable bonds is 7. The van der Waals surface area contributed by atoms with Crippen LogP contribution in [0.25, 0.3) is 22.2 Å². The Kier molecular flexibility index (Phi) is 6.12. The summed E-state index contributed by atoms with van der Waals surface area (Å²) in [5.41, 5.74) is 5.31. The van der Waals surface area contributed by atoms with Gasteiger partial charge in [-0.15, -0.1) is 0 Å². The van der Waals surface area contributed by atoms with Gasteiger partial charge in [0, 0.05) is 48.2 Å². The second-order valence-corrected chi connectivity index (χ2v) is 7.18. The van der Waals surface area contributed by atoms with Crippen molar-refractivity contribution in [1.82, 2.24) is 25.3 Å². The van der Waals surface area contributed by atoms with Gasteiger partial charge in [-0.1, -0.05) is 18.2 Å². The van der Waals surface area contributed by atoms with Gasteiger partial charge in [-0.2, -0.15) is 0 Å². The van der Waals surface area contributed by atoms with E-state index in [1.165, 1.54) is 0 Å². The van der Waals surface area contributed by atoms with Crippen LogP contribution in [-0.2, 0) is 6.42 Å². The molecule has 3 aromatic heterocycles. The predicted octanol–water partition coefficient (Wildman–Crippen LogP) is 3.80. The molecule has 0 spiro atoms. The number of anilines is 1. The highest BCUT2D eigenvalue weighted by atomic mass is 16.1. The molecule has 0 fully saturated rings. The van der Waals surface area contributed by atoms with Crippen molar-refractivity contribution in [2.45, 2.75) is 20.3 Å². The maximum atomic E-state index is 12.4. The maximum Gasteiger partial charge on any atom is 0.252 e. The van der Waals surface area contributed by atoms with Crippen molar-refractivity contribution in [1.29, 1.82) is 0 Å². The van der Waals surface area contributed by atoms with Crippen LogP contribution in [-0.4, -0.2) is 38.9 Å². The number of fused-ring (bicyclic) bond motifs is 1. The minimum atomic E-state index is -0.0794. The Bertz CT molecular complexity index is 1210. The molecule has 3 heterocycles. The lowest BCUT2D eigenvalue weighted by atomic mass is 10.0. The molecule has 0 radical (unpaired) electrons. The number of pyridine rings is 2. The van der Waals surface area contributed by atoms with Gasteiger partial charge in [-0.25, -0.2) is 9.97 Å². The second kappa shape index (κ2) is 9.30. The highest BCUT2D eigenvalue weighted by molar-refractivity contribution is 6.06. The molecule has 0 bridgehead atoms. The number of hydrogen-bond acceptors (Lipinski definition) is 6. The zero-order valence-corrected chi connectivity index (χ0v) is 17.6. The van der Waals surface area contributed by atoms with Gasteiger partial charge >= 0.3 is 0 Å². The molecule has 0 saturated heterocycles. The lowest BCUT2D eigenvalue weighted by Crippen LogP contribution is -2.23. The minimum Gasteiger partial charge on any atom is -0.370 e. The molecule has 2 N–H and O–H groups in total. The van der Waals surface area contributed by atoms with Crippen LogP contribution in [0.4, 0.5) is 5.82 Å². The van der Waals surface area contributed by atoms with Gasteiger partial charge in [0.2, 0.25) is 0 Å². The summed E-state index contributed by atoms with van der Waals surface area (Å²) in [6.45, 7) is 5.13. The van der Waals surface area contributed by atoms with E-state index in [-0.39, 0.29) is 5.91 Å². The molecule has 1 aromatic carbocycles. The maximum absolute atomic E-state index is 12.4. The Hall–Kier alpha value is -3.87. The number of nitrogens with one attached hydrogen (secondary N) is 2. The van der Waals surface area contributed by atoms with E-state index >= 15 is 0 Å². The Morgan fingerprint density at radius 1 is 1.03 bits per heavy atom. The summed E-state index contributed by atoms with van der Waals surface area (Å²) in [5, 5.41) is 7.08. The first-order chi connectivity index (χ1) is 15.2. The van der Waals surface area contributed by atoms with Gasteiger partial charge in [-0.05, 0) is 44.0 Å². The molecule has 7 heteroatoms. The minimum absolute atomic E-state index is 0.0794. The van der Waals surface area contributed by atoms with E-state index in [9.17, 15) is 4.79 Å². The normalized spacial score (nSPS) is 10.8. The molecule has 0 atom stereocenters. The number of nitrogens with zero attached hydrogens (tertiary/aromatic N) is 4. The van der Waals surface area contributed by atoms with Crippen molar-refractivity contribution >= 4 is 22.6 Å². The van der Waals surface area contributed by atoms with Crippen LogP contribution < -0.4 is 10.6 Å². The SMILES string of the molecule is CCNC(=O)c1ccnc2c(CCNc3cc(-c4ccc(C)nc4)ncn3)cccc12. The number of carbonyl (C=O) groups is 1. The topological polar surface area (TPSA) is 92.7 Å². The number of carbonyl (C=O) groups excluding carboxylic acids is 1. The van der Waals surface area contributed by atoms with Crippen molar-refractivity contribution in [3.8, 4) is 11.3 Å². The number of benzene rings is 1. The molecule has 0 saturated carbocycles. The fourth-order valence-corrected chi connectivity index (χ4v) is 3.45. The number of amides is 1. The Labute approximate surface area is 181 Å². The first-order valence-corrected chi connectivity index (χ1v) is 10.3. The van der Waals surface area contributed by atoms with Crippen LogP contribution in [0, 0.1) is 6.92 Å². The van der Waals surface area contributed by atoms with Gasteiger partial charge in [-0.3, -0.25) is 14.8 Å². The van der Waals surface area contributed by atoms with Crippen LogP contribution in [0.15, 0.2) is 61.2 Å². The molecule has 1 amide bonds. The molecule has 31 heavy (non-hydrogen) atoms. The molecule has 0 aliphatic heterocycles. The third-order valence-electron chi connectivity index (χ3n) is 5.01. The van der Waals surface area contributed by atoms with Crippen molar-refractivity contribution in [2.75, 3.05) is 18.4 Å². The molecule has 0 unspecified atom stereocenters. The summed E-state index contributed by atoms with van der Waals surface area (Å²) in [5.74, 6) is 0.672. The Morgan fingerprint density at radius 2 is 1.94 bits per heavy atom. The molecule has 156 valence electrons. The monoisotopic (exact) mass is 412 g/mol. The summed E-state index contributed by atoms with van der Waals surface area (Å²) in [4.78, 5) is 29.9. The quantitative estimate of drug-likeness (QED) is 0.480. The molecule has 0 aliphatic rings. The fourth-order valence-electron chi connectivity index (χ4n) is 3.45. The molecule has 0 aliphatic carbocycles. The smallest absolute Gasteiger partial charge is 0.252 e. The highest BCUT2D eigenvalue weighted by Crippen LogP contribution is 2.22. The molecule has 4 aromatic rings. The van der Waals surface area contributed by atoms with Crippen LogP contribution in [0.3, 0.4) is 0 Å². The summed E-state index contributed by atoms with van der Waals surface area (Å²) < 4.78 is 0. The third-order valence-corrected chi connectivity index (χ3v) is 5.01. The molecule has 7 nitrogen and oxygen atoms in total. The van der Waals surface area contributed by atoms with Crippen molar-refractivity contribution in [3.05, 3.63) is 78.0 Å². The summed E-state index contributed by atoms with van der Waals surface area (Å²) in [6, 6.07) is 13.6. The fraction of sp³-hybridized carbons (Fsp3) is 0.208. The van der Waals surface area contributed by atoms with E-state index in [1.807, 2.05) is 56.4 Å². The molecular weight excluding hydrogens is 388 g/mol. The van der Waals surface area contributed by atoms with Crippen molar-refractivity contribution < 1.29 is 4.79 Å². The van der Waals surface area contributed by atoms with Gasteiger partial charge in [0.25, 0.3) is 5.91 Å². The lowest BCUT2D eigenvalue weighted by molar-refractivity contribution is 0.0957. The Morgan fingerprint density at radius 3 is 2.74 bits per heavy atom. The third kappa shape index (κ3) is 4.66. The van der Waals surface area contributed by atoms with E-state index in [2.05, 4.69) is 30.6 Å². The standard InChI is InChI=1S/C24H24N6O/c1-3-25-24(31)20-10-12-27-23-17(5-4-6-19(20)23)9-11-26-22-13-21(29-15-30-22)18-8-7-16(2)28-14-18/h4-8,10,12-15H,3,9,11H2,1-2H3,(H,25,31)(H,26,29,30). The zero-order valence-electron chi connectivity index (χ0n) is 17.6. The number of aryl methyl sites for hydroxylation is 1. The van der Waals surface area contributed by atoms with Gasteiger partial charge < -0.3 is 10.6 Å². The number of hydrogen-bond donors (Lipinski definition) is 2.